The van der Waals surface area contributed by atoms with Gasteiger partial charge >= 0.3 is 0 Å². The summed E-state index contributed by atoms with van der Waals surface area (Å²) in [6, 6.07) is 24.1. The quantitative estimate of drug-likeness (QED) is 0.417. The minimum absolute atomic E-state index is 0.0478. The molecule has 2 heterocycles. The molecule has 168 valence electrons. The molecular weight excluding hydrogens is 436 g/mol. The van der Waals surface area contributed by atoms with Crippen LogP contribution >= 0.6 is 0 Å². The van der Waals surface area contributed by atoms with Crippen LogP contribution in [0.3, 0.4) is 0 Å². The lowest BCUT2D eigenvalue weighted by molar-refractivity contribution is 0.428. The highest BCUT2D eigenvalue weighted by Gasteiger charge is 2.34. The third kappa shape index (κ3) is 4.40. The first-order valence-corrected chi connectivity index (χ1v) is 12.3. The lowest BCUT2D eigenvalue weighted by Crippen LogP contribution is -2.29. The Hall–Kier alpha value is -3.49. The van der Waals surface area contributed by atoms with Crippen molar-refractivity contribution in [2.24, 2.45) is 0 Å². The van der Waals surface area contributed by atoms with E-state index in [0.29, 0.717) is 25.3 Å². The van der Waals surface area contributed by atoms with Crippen LogP contribution in [0.1, 0.15) is 18.0 Å². The van der Waals surface area contributed by atoms with Gasteiger partial charge in [-0.25, -0.2) is 13.1 Å². The number of hydrogen-bond acceptors (Lipinski definition) is 5. The normalized spacial score (nSPS) is 16.7. The monoisotopic (exact) mass is 460 g/mol. The van der Waals surface area contributed by atoms with Gasteiger partial charge < -0.3 is 4.74 Å². The van der Waals surface area contributed by atoms with Gasteiger partial charge in [0.05, 0.1) is 17.1 Å². The molecule has 0 bridgehead atoms. The average Bonchev–Trinajstić information content (AvgIpc) is 3.52. The van der Waals surface area contributed by atoms with Crippen LogP contribution in [0.25, 0.3) is 11.3 Å². The highest BCUT2D eigenvalue weighted by atomic mass is 32.2. The summed E-state index contributed by atoms with van der Waals surface area (Å²) in [5.74, 6) is 1.34. The highest BCUT2D eigenvalue weighted by Crippen LogP contribution is 2.30. The molecule has 0 radical (unpaired) electrons. The Bertz CT molecular complexity index is 1350. The van der Waals surface area contributed by atoms with Crippen molar-refractivity contribution in [3.8, 4) is 22.8 Å². The molecule has 33 heavy (non-hydrogen) atoms. The number of nitrogens with zero attached hydrogens (tertiary/aromatic N) is 4. The van der Waals surface area contributed by atoms with E-state index >= 15 is 0 Å². The van der Waals surface area contributed by atoms with Crippen molar-refractivity contribution in [3.63, 3.8) is 0 Å². The first-order valence-electron chi connectivity index (χ1n) is 10.8. The Balaban J connectivity index is 1.28. The molecule has 3 aromatic carbocycles. The van der Waals surface area contributed by atoms with Crippen LogP contribution in [0.15, 0.2) is 90.0 Å². The Morgan fingerprint density at radius 2 is 1.67 bits per heavy atom. The predicted molar refractivity (Wildman–Crippen MR) is 126 cm³/mol. The molecule has 8 heteroatoms. The molecule has 1 aromatic heterocycles. The van der Waals surface area contributed by atoms with Gasteiger partial charge in [-0.15, -0.1) is 5.10 Å². The molecule has 0 saturated carbocycles. The smallest absolute Gasteiger partial charge is 0.243 e. The summed E-state index contributed by atoms with van der Waals surface area (Å²) in [5, 5.41) is 8.51. The minimum Gasteiger partial charge on any atom is -0.457 e. The van der Waals surface area contributed by atoms with E-state index in [-0.39, 0.29) is 10.9 Å². The largest absolute Gasteiger partial charge is 0.457 e. The van der Waals surface area contributed by atoms with Gasteiger partial charge in [0.1, 0.15) is 17.2 Å². The maximum Gasteiger partial charge on any atom is 0.243 e. The number of aromatic nitrogens is 3. The van der Waals surface area contributed by atoms with E-state index in [1.54, 1.807) is 28.9 Å². The summed E-state index contributed by atoms with van der Waals surface area (Å²) in [6.45, 7) is 2.77. The molecular formula is C25H24N4O3S. The van der Waals surface area contributed by atoms with Crippen LogP contribution < -0.4 is 4.74 Å². The van der Waals surface area contributed by atoms with Gasteiger partial charge in [-0.05, 0) is 49.2 Å². The van der Waals surface area contributed by atoms with Gasteiger partial charge in [-0.2, -0.15) is 4.31 Å². The van der Waals surface area contributed by atoms with E-state index in [0.717, 1.165) is 22.6 Å². The van der Waals surface area contributed by atoms with Gasteiger partial charge in [0.25, 0.3) is 0 Å². The SMILES string of the molecule is Cc1ccccc1Oc1ccc(S(=O)(=O)N2CCC(n3cc(-c4ccccc4)nn3)C2)cc1. The fraction of sp³-hybridized carbons (Fsp3) is 0.200. The molecule has 1 atom stereocenters. The predicted octanol–water partition coefficient (Wildman–Crippen LogP) is 4.68. The zero-order valence-corrected chi connectivity index (χ0v) is 19.0. The van der Waals surface area contributed by atoms with Crippen molar-refractivity contribution >= 4 is 10.0 Å². The van der Waals surface area contributed by atoms with Crippen LogP contribution in [0.5, 0.6) is 11.5 Å². The van der Waals surface area contributed by atoms with Crippen molar-refractivity contribution in [3.05, 3.63) is 90.6 Å². The van der Waals surface area contributed by atoms with Crippen LogP contribution in [-0.2, 0) is 10.0 Å². The van der Waals surface area contributed by atoms with Crippen LogP contribution in [0.2, 0.25) is 0 Å². The second-order valence-corrected chi connectivity index (χ2v) is 10.0. The van der Waals surface area contributed by atoms with Gasteiger partial charge in [-0.1, -0.05) is 53.7 Å². The molecule has 1 aliphatic heterocycles. The lowest BCUT2D eigenvalue weighted by Gasteiger charge is -2.17. The number of para-hydroxylation sites is 1. The number of ether oxygens (including phenoxy) is 1. The first kappa shape index (κ1) is 21.4. The Morgan fingerprint density at radius 3 is 2.42 bits per heavy atom. The molecule has 1 unspecified atom stereocenters. The van der Waals surface area contributed by atoms with Gasteiger partial charge in [0, 0.05) is 18.7 Å². The van der Waals surface area contributed by atoms with Gasteiger partial charge in [0.15, 0.2) is 0 Å². The van der Waals surface area contributed by atoms with Gasteiger partial charge in [0.2, 0.25) is 10.0 Å². The van der Waals surface area contributed by atoms with E-state index in [2.05, 4.69) is 10.3 Å². The topological polar surface area (TPSA) is 77.3 Å². The summed E-state index contributed by atoms with van der Waals surface area (Å²) in [5.41, 5.74) is 2.78. The maximum atomic E-state index is 13.2. The summed E-state index contributed by atoms with van der Waals surface area (Å²) < 4.78 is 35.6. The third-order valence-corrected chi connectivity index (χ3v) is 7.74. The summed E-state index contributed by atoms with van der Waals surface area (Å²) in [4.78, 5) is 0.254. The fourth-order valence-corrected chi connectivity index (χ4v) is 5.46. The molecule has 0 amide bonds. The molecule has 1 fully saturated rings. The van der Waals surface area contributed by atoms with Gasteiger partial charge in [-0.3, -0.25) is 0 Å². The van der Waals surface area contributed by atoms with E-state index < -0.39 is 10.0 Å². The number of aryl methyl sites for hydroxylation is 1. The van der Waals surface area contributed by atoms with E-state index in [9.17, 15) is 8.42 Å². The lowest BCUT2D eigenvalue weighted by atomic mass is 10.2. The molecule has 5 rings (SSSR count). The highest BCUT2D eigenvalue weighted by molar-refractivity contribution is 7.89. The number of rotatable bonds is 6. The molecule has 0 N–H and O–H groups in total. The van der Waals surface area contributed by atoms with Crippen molar-refractivity contribution in [1.82, 2.24) is 19.3 Å². The zero-order chi connectivity index (χ0) is 22.8. The van der Waals surface area contributed by atoms with Crippen molar-refractivity contribution in [1.29, 1.82) is 0 Å². The molecule has 1 aliphatic rings. The number of sulfonamides is 1. The number of hydrogen-bond donors (Lipinski definition) is 0. The zero-order valence-electron chi connectivity index (χ0n) is 18.2. The fourth-order valence-electron chi connectivity index (χ4n) is 3.97. The maximum absolute atomic E-state index is 13.2. The molecule has 4 aromatic rings. The third-order valence-electron chi connectivity index (χ3n) is 5.86. The van der Waals surface area contributed by atoms with Crippen molar-refractivity contribution in [2.45, 2.75) is 24.3 Å². The van der Waals surface area contributed by atoms with Crippen LogP contribution in [0.4, 0.5) is 0 Å². The van der Waals surface area contributed by atoms with Crippen molar-refractivity contribution in [2.75, 3.05) is 13.1 Å². The minimum atomic E-state index is -3.61. The average molecular weight is 461 g/mol. The molecule has 1 saturated heterocycles. The number of benzene rings is 3. The standard InChI is InChI=1S/C25H24N4O3S/c1-19-7-5-6-10-25(19)32-22-11-13-23(14-12-22)33(30,31)28-16-15-21(17-28)29-18-24(26-27-29)20-8-3-2-4-9-20/h2-14,18,21H,15-17H2,1H3. The summed E-state index contributed by atoms with van der Waals surface area (Å²) >= 11 is 0. The van der Waals surface area contributed by atoms with E-state index in [1.807, 2.05) is 67.7 Å². The van der Waals surface area contributed by atoms with Crippen LogP contribution in [-0.4, -0.2) is 40.8 Å². The summed E-state index contributed by atoms with van der Waals surface area (Å²) in [6.07, 6.45) is 2.57. The van der Waals surface area contributed by atoms with E-state index in [4.69, 9.17) is 4.74 Å². The van der Waals surface area contributed by atoms with E-state index in [1.165, 1.54) is 4.31 Å². The Morgan fingerprint density at radius 1 is 0.939 bits per heavy atom. The second kappa shape index (κ2) is 8.80. The Labute approximate surface area is 193 Å². The van der Waals surface area contributed by atoms with Crippen LogP contribution in [0, 0.1) is 6.92 Å². The Kier molecular flexibility index (Phi) is 5.70. The molecule has 7 nitrogen and oxygen atoms in total. The first-order chi connectivity index (χ1) is 16.0. The molecule has 0 aliphatic carbocycles. The van der Waals surface area contributed by atoms with Crippen molar-refractivity contribution < 1.29 is 13.2 Å². The summed E-state index contributed by atoms with van der Waals surface area (Å²) in [7, 11) is -3.61. The molecule has 0 spiro atoms. The second-order valence-electron chi connectivity index (χ2n) is 8.09.